The highest BCUT2D eigenvalue weighted by molar-refractivity contribution is 5.84. The highest BCUT2D eigenvalue weighted by atomic mass is 16.3. The second-order valence-corrected chi connectivity index (χ2v) is 6.92. The lowest BCUT2D eigenvalue weighted by Crippen LogP contribution is -2.34. The zero-order valence-electron chi connectivity index (χ0n) is 15.4. The van der Waals surface area contributed by atoms with Gasteiger partial charge in [0.25, 0.3) is 0 Å². The van der Waals surface area contributed by atoms with E-state index in [-0.39, 0.29) is 29.3 Å². The molecular weight excluding hydrogens is 288 g/mol. The Labute approximate surface area is 141 Å². The SMILES string of the molecule is C=C/C=C(\C=C/C(C)CC(C)(O)C(C)=O)C(C)CC(C)C(C)=O. The van der Waals surface area contributed by atoms with E-state index in [9.17, 15) is 14.7 Å². The molecule has 0 rings (SSSR count). The number of aliphatic hydroxyl groups is 1. The summed E-state index contributed by atoms with van der Waals surface area (Å²) >= 11 is 0. The van der Waals surface area contributed by atoms with Crippen LogP contribution in [-0.4, -0.2) is 22.3 Å². The van der Waals surface area contributed by atoms with E-state index in [2.05, 4.69) is 13.5 Å². The van der Waals surface area contributed by atoms with Crippen LogP contribution in [0, 0.1) is 17.8 Å². The van der Waals surface area contributed by atoms with E-state index in [1.807, 2.05) is 32.1 Å². The maximum atomic E-state index is 11.4. The molecule has 0 spiro atoms. The quantitative estimate of drug-likeness (QED) is 0.611. The normalized spacial score (nSPS) is 19.0. The minimum Gasteiger partial charge on any atom is -0.382 e. The highest BCUT2D eigenvalue weighted by Crippen LogP contribution is 2.24. The third kappa shape index (κ3) is 8.08. The van der Waals surface area contributed by atoms with E-state index < -0.39 is 5.60 Å². The first kappa shape index (κ1) is 21.5. The minimum atomic E-state index is -1.29. The van der Waals surface area contributed by atoms with Crippen molar-refractivity contribution in [1.82, 2.24) is 0 Å². The fourth-order valence-corrected chi connectivity index (χ4v) is 2.47. The van der Waals surface area contributed by atoms with Gasteiger partial charge in [-0.2, -0.15) is 0 Å². The van der Waals surface area contributed by atoms with Crippen LogP contribution in [0.15, 0.2) is 36.5 Å². The van der Waals surface area contributed by atoms with Gasteiger partial charge in [0.15, 0.2) is 5.78 Å². The predicted octanol–water partition coefficient (Wildman–Crippen LogP) is 4.27. The average Bonchev–Trinajstić information content (AvgIpc) is 2.42. The Kier molecular flexibility index (Phi) is 8.99. The molecule has 4 atom stereocenters. The molecule has 3 nitrogen and oxygen atoms in total. The summed E-state index contributed by atoms with van der Waals surface area (Å²) in [5, 5.41) is 10.1. The molecule has 0 aromatic carbocycles. The Morgan fingerprint density at radius 3 is 2.17 bits per heavy atom. The van der Waals surface area contributed by atoms with Crippen LogP contribution in [0.2, 0.25) is 0 Å². The van der Waals surface area contributed by atoms with Gasteiger partial charge in [-0.05, 0) is 51.0 Å². The molecule has 3 heteroatoms. The molecule has 0 radical (unpaired) electrons. The standard InChI is InChI=1S/C20H32O3/c1-8-9-19(16(4)12-15(3)17(5)21)11-10-14(2)13-20(7,23)18(6)22/h8-11,14-16,23H,1,12-13H2,2-7H3/b11-10-,19-9+. The summed E-state index contributed by atoms with van der Waals surface area (Å²) in [6.07, 6.45) is 8.88. The molecule has 1 N–H and O–H groups in total. The lowest BCUT2D eigenvalue weighted by molar-refractivity contribution is -0.134. The van der Waals surface area contributed by atoms with Crippen LogP contribution >= 0.6 is 0 Å². The minimum absolute atomic E-state index is 0.0301. The molecule has 4 unspecified atom stereocenters. The maximum absolute atomic E-state index is 11.4. The van der Waals surface area contributed by atoms with Gasteiger partial charge in [0.05, 0.1) is 0 Å². The first-order valence-corrected chi connectivity index (χ1v) is 8.26. The Morgan fingerprint density at radius 2 is 1.74 bits per heavy atom. The van der Waals surface area contributed by atoms with Gasteiger partial charge in [-0.25, -0.2) is 0 Å². The van der Waals surface area contributed by atoms with Crippen molar-refractivity contribution < 1.29 is 14.7 Å². The molecule has 0 fully saturated rings. The highest BCUT2D eigenvalue weighted by Gasteiger charge is 2.27. The van der Waals surface area contributed by atoms with Crippen LogP contribution in [0.4, 0.5) is 0 Å². The molecule has 0 aliphatic heterocycles. The molecule has 0 aromatic heterocycles. The first-order valence-electron chi connectivity index (χ1n) is 8.26. The van der Waals surface area contributed by atoms with Crippen molar-refractivity contribution in [1.29, 1.82) is 0 Å². The summed E-state index contributed by atoms with van der Waals surface area (Å²) in [7, 11) is 0. The molecule has 0 saturated carbocycles. The van der Waals surface area contributed by atoms with E-state index in [0.717, 1.165) is 12.0 Å². The van der Waals surface area contributed by atoms with Crippen molar-refractivity contribution in [2.75, 3.05) is 0 Å². The molecular formula is C20H32O3. The summed E-state index contributed by atoms with van der Waals surface area (Å²) in [6.45, 7) is 14.3. The van der Waals surface area contributed by atoms with Crippen LogP contribution < -0.4 is 0 Å². The smallest absolute Gasteiger partial charge is 0.161 e. The van der Waals surface area contributed by atoms with Crippen LogP contribution in [0.1, 0.15) is 54.4 Å². The van der Waals surface area contributed by atoms with Crippen LogP contribution in [0.5, 0.6) is 0 Å². The summed E-state index contributed by atoms with van der Waals surface area (Å²) in [6, 6.07) is 0. The van der Waals surface area contributed by atoms with Crippen molar-refractivity contribution in [3.63, 3.8) is 0 Å². The predicted molar refractivity (Wildman–Crippen MR) is 96.1 cm³/mol. The van der Waals surface area contributed by atoms with Crippen molar-refractivity contribution in [2.45, 2.75) is 60.0 Å². The van der Waals surface area contributed by atoms with Gasteiger partial charge < -0.3 is 5.11 Å². The van der Waals surface area contributed by atoms with Crippen LogP contribution in [0.3, 0.4) is 0 Å². The number of hydrogen-bond donors (Lipinski definition) is 1. The Bertz CT molecular complexity index is 483. The fraction of sp³-hybridized carbons (Fsp3) is 0.600. The van der Waals surface area contributed by atoms with Gasteiger partial charge in [-0.3, -0.25) is 9.59 Å². The number of ketones is 2. The number of carbonyl (C=O) groups excluding carboxylic acids is 2. The second kappa shape index (κ2) is 9.61. The van der Waals surface area contributed by atoms with E-state index >= 15 is 0 Å². The van der Waals surface area contributed by atoms with Crippen molar-refractivity contribution in [2.24, 2.45) is 17.8 Å². The largest absolute Gasteiger partial charge is 0.382 e. The fourth-order valence-electron chi connectivity index (χ4n) is 2.47. The monoisotopic (exact) mass is 320 g/mol. The molecule has 0 aliphatic rings. The summed E-state index contributed by atoms with van der Waals surface area (Å²) in [4.78, 5) is 22.8. The van der Waals surface area contributed by atoms with E-state index in [0.29, 0.717) is 6.42 Å². The Hall–Kier alpha value is -1.48. The Morgan fingerprint density at radius 1 is 1.17 bits per heavy atom. The van der Waals surface area contributed by atoms with Gasteiger partial charge >= 0.3 is 0 Å². The van der Waals surface area contributed by atoms with Crippen LogP contribution in [-0.2, 0) is 9.59 Å². The average molecular weight is 320 g/mol. The van der Waals surface area contributed by atoms with Crippen molar-refractivity contribution >= 4 is 11.6 Å². The van der Waals surface area contributed by atoms with Gasteiger partial charge in [-0.1, -0.05) is 51.7 Å². The number of carbonyl (C=O) groups is 2. The van der Waals surface area contributed by atoms with Gasteiger partial charge in [0, 0.05) is 5.92 Å². The Balaban J connectivity index is 4.94. The summed E-state index contributed by atoms with van der Waals surface area (Å²) < 4.78 is 0. The number of hydrogen-bond acceptors (Lipinski definition) is 3. The van der Waals surface area contributed by atoms with E-state index in [4.69, 9.17) is 0 Å². The van der Waals surface area contributed by atoms with E-state index in [1.165, 1.54) is 6.92 Å². The molecule has 0 bridgehead atoms. The molecule has 0 aliphatic carbocycles. The van der Waals surface area contributed by atoms with Gasteiger partial charge in [0.1, 0.15) is 11.4 Å². The third-order valence-electron chi connectivity index (χ3n) is 4.38. The molecule has 130 valence electrons. The molecule has 0 amide bonds. The maximum Gasteiger partial charge on any atom is 0.161 e. The first-order chi connectivity index (χ1) is 10.5. The molecule has 0 aromatic rings. The zero-order chi connectivity index (χ0) is 18.2. The van der Waals surface area contributed by atoms with Gasteiger partial charge in [0.2, 0.25) is 0 Å². The molecule has 0 heterocycles. The van der Waals surface area contributed by atoms with E-state index in [1.54, 1.807) is 19.9 Å². The summed E-state index contributed by atoms with van der Waals surface area (Å²) in [5.41, 5.74) is -0.191. The summed E-state index contributed by atoms with van der Waals surface area (Å²) in [5.74, 6) is 0.318. The number of allylic oxidation sites excluding steroid dienone is 5. The topological polar surface area (TPSA) is 54.4 Å². The van der Waals surface area contributed by atoms with Crippen molar-refractivity contribution in [3.8, 4) is 0 Å². The lowest BCUT2D eigenvalue weighted by Gasteiger charge is -2.22. The second-order valence-electron chi connectivity index (χ2n) is 6.92. The molecule has 0 saturated heterocycles. The molecule has 23 heavy (non-hydrogen) atoms. The van der Waals surface area contributed by atoms with Crippen molar-refractivity contribution in [3.05, 3.63) is 36.5 Å². The zero-order valence-corrected chi connectivity index (χ0v) is 15.4. The van der Waals surface area contributed by atoms with Crippen LogP contribution in [0.25, 0.3) is 0 Å². The number of Topliss-reactive ketones (excluding diaryl/α,β-unsaturated/α-hetero) is 2. The third-order valence-corrected chi connectivity index (χ3v) is 4.38. The lowest BCUT2D eigenvalue weighted by atomic mass is 9.86. The number of rotatable bonds is 10. The van der Waals surface area contributed by atoms with Gasteiger partial charge in [-0.15, -0.1) is 0 Å².